The van der Waals surface area contributed by atoms with E-state index < -0.39 is 91.5 Å². The summed E-state index contributed by atoms with van der Waals surface area (Å²) in [6.45, 7) is 2.40. The molecule has 0 aromatic heterocycles. The number of hydrogen-bond donors (Lipinski definition) is 4. The van der Waals surface area contributed by atoms with Crippen LogP contribution in [-0.2, 0) is 55.8 Å². The molecule has 0 amide bonds. The van der Waals surface area contributed by atoms with Crippen LogP contribution in [0.25, 0.3) is 0 Å². The molecule has 4 N–H and O–H groups in total. The maximum absolute atomic E-state index is 13.0. The van der Waals surface area contributed by atoms with Crippen molar-refractivity contribution in [2.24, 2.45) is 0 Å². The third-order valence-electron chi connectivity index (χ3n) is 16.9. The molecule has 5 atom stereocenters. The summed E-state index contributed by atoms with van der Waals surface area (Å²) >= 11 is 0. The van der Waals surface area contributed by atoms with Crippen LogP contribution in [0.5, 0.6) is 0 Å². The van der Waals surface area contributed by atoms with E-state index in [0.717, 1.165) is 186 Å². The van der Waals surface area contributed by atoms with Crippen molar-refractivity contribution in [2.75, 3.05) is 39.6 Å². The Labute approximate surface area is 650 Å². The van der Waals surface area contributed by atoms with Crippen molar-refractivity contribution in [3.63, 3.8) is 0 Å². The van der Waals surface area contributed by atoms with Crippen LogP contribution in [0, 0.1) is 0 Å². The lowest BCUT2D eigenvalue weighted by atomic mass is 10.1. The second kappa shape index (κ2) is 80.4. The number of hydrogen-bond acceptors (Lipinski definition) is 14. The smallest absolute Gasteiger partial charge is 0.463 e. The Morgan fingerprint density at radius 1 is 0.271 bits per heavy atom. The van der Waals surface area contributed by atoms with Crippen LogP contribution in [0.15, 0.2) is 170 Å². The summed E-state index contributed by atoms with van der Waals surface area (Å²) < 4.78 is 61.3. The van der Waals surface area contributed by atoms with Crippen LogP contribution in [0.3, 0.4) is 0 Å². The molecule has 0 aliphatic heterocycles. The van der Waals surface area contributed by atoms with Gasteiger partial charge >= 0.3 is 33.6 Å². The second-order valence-corrected chi connectivity index (χ2v) is 30.1. The zero-order valence-electron chi connectivity index (χ0n) is 66.7. The van der Waals surface area contributed by atoms with Crippen LogP contribution in [0.4, 0.5) is 0 Å². The number of esters is 3. The van der Waals surface area contributed by atoms with Crippen LogP contribution < -0.4 is 0 Å². The van der Waals surface area contributed by atoms with Crippen LogP contribution in [0.1, 0.15) is 316 Å². The highest BCUT2D eigenvalue weighted by atomic mass is 31.2. The number of ether oxygens (including phenoxy) is 3. The number of aliphatic hydroxyl groups is 2. The number of carbonyl (C=O) groups is 3. The maximum atomic E-state index is 13.0. The Bertz CT molecular complexity index is 2620. The molecule has 18 heteroatoms. The molecule has 0 fully saturated rings. The van der Waals surface area contributed by atoms with Crippen molar-refractivity contribution in [3.05, 3.63) is 170 Å². The molecule has 0 heterocycles. The van der Waals surface area contributed by atoms with Gasteiger partial charge in [0, 0.05) is 19.3 Å². The van der Waals surface area contributed by atoms with Crippen LogP contribution in [0.2, 0.25) is 0 Å². The average Bonchev–Trinajstić information content (AvgIpc) is 0.904. The molecule has 5 unspecified atom stereocenters. The predicted molar refractivity (Wildman–Crippen MR) is 445 cm³/mol. The minimum absolute atomic E-state index is 0.0765. The summed E-state index contributed by atoms with van der Waals surface area (Å²) in [6.07, 6.45) is 102. The summed E-state index contributed by atoms with van der Waals surface area (Å²) in [7, 11) is -9.82. The van der Waals surface area contributed by atoms with Crippen molar-refractivity contribution in [1.29, 1.82) is 0 Å². The van der Waals surface area contributed by atoms with Gasteiger partial charge < -0.3 is 34.2 Å². The van der Waals surface area contributed by atoms with E-state index in [-0.39, 0.29) is 19.3 Å². The Hall–Kier alpha value is -5.09. The van der Waals surface area contributed by atoms with Gasteiger partial charge in [-0.05, 0) is 154 Å². The van der Waals surface area contributed by atoms with E-state index in [0.29, 0.717) is 19.3 Å². The molecule has 0 aromatic carbocycles. The molecular formula is C89H148O16P2. The number of rotatable bonds is 77. The lowest BCUT2D eigenvalue weighted by Gasteiger charge is -2.21. The second-order valence-electron chi connectivity index (χ2n) is 27.2. The molecule has 107 heavy (non-hydrogen) atoms. The Morgan fingerprint density at radius 2 is 0.495 bits per heavy atom. The highest BCUT2D eigenvalue weighted by molar-refractivity contribution is 7.47. The fourth-order valence-electron chi connectivity index (χ4n) is 10.7. The Morgan fingerprint density at radius 3 is 0.785 bits per heavy atom. The fraction of sp³-hybridized carbons (Fsp3) is 0.652. The van der Waals surface area contributed by atoms with E-state index in [1.54, 1.807) is 0 Å². The van der Waals surface area contributed by atoms with Crippen LogP contribution in [-0.4, -0.2) is 95.9 Å². The first kappa shape index (κ1) is 102. The molecule has 0 radical (unpaired) electrons. The van der Waals surface area contributed by atoms with E-state index >= 15 is 0 Å². The van der Waals surface area contributed by atoms with Crippen LogP contribution >= 0.6 is 15.6 Å². The van der Waals surface area contributed by atoms with E-state index in [1.807, 2.05) is 0 Å². The van der Waals surface area contributed by atoms with Gasteiger partial charge in [0.1, 0.15) is 25.4 Å². The zero-order valence-corrected chi connectivity index (χ0v) is 68.5. The molecule has 0 aliphatic carbocycles. The number of phosphoric ester groups is 2. The van der Waals surface area contributed by atoms with Gasteiger partial charge in [0.2, 0.25) is 0 Å². The molecule has 0 bridgehead atoms. The maximum Gasteiger partial charge on any atom is 0.472 e. The Kier molecular flexibility index (Phi) is 76.6. The third-order valence-corrected chi connectivity index (χ3v) is 18.8. The predicted octanol–water partition coefficient (Wildman–Crippen LogP) is 24.8. The first-order valence-electron chi connectivity index (χ1n) is 41.4. The van der Waals surface area contributed by atoms with E-state index in [4.69, 9.17) is 32.3 Å². The van der Waals surface area contributed by atoms with Gasteiger partial charge in [-0.25, -0.2) is 9.13 Å². The summed E-state index contributed by atoms with van der Waals surface area (Å²) in [5, 5.41) is 20.7. The number of allylic oxidation sites excluding steroid dienone is 28. The summed E-state index contributed by atoms with van der Waals surface area (Å²) in [6, 6.07) is 0. The van der Waals surface area contributed by atoms with E-state index in [1.165, 1.54) is 70.6 Å². The minimum atomic E-state index is -4.95. The molecule has 0 saturated heterocycles. The topological polar surface area (TPSA) is 231 Å². The van der Waals surface area contributed by atoms with Gasteiger partial charge in [0.25, 0.3) is 0 Å². The average molecular weight is 1540 g/mol. The number of carbonyl (C=O) groups excluding carboxylic acids is 3. The molecule has 0 spiro atoms. The monoisotopic (exact) mass is 1540 g/mol. The molecule has 0 aliphatic rings. The third kappa shape index (κ3) is 81.7. The van der Waals surface area contributed by atoms with Crippen molar-refractivity contribution in [1.82, 2.24) is 0 Å². The molecule has 16 nitrogen and oxygen atoms in total. The summed E-state index contributed by atoms with van der Waals surface area (Å²) in [5.74, 6) is -1.61. The largest absolute Gasteiger partial charge is 0.472 e. The highest BCUT2D eigenvalue weighted by Crippen LogP contribution is 2.45. The van der Waals surface area contributed by atoms with Gasteiger partial charge in [-0.2, -0.15) is 0 Å². The lowest BCUT2D eigenvalue weighted by Crippen LogP contribution is -2.30. The van der Waals surface area contributed by atoms with Gasteiger partial charge in [-0.15, -0.1) is 0 Å². The SMILES string of the molecule is CC/C=C\C/C=C\C/C=C\C/C=C\C/C=C\CCCCCCCCCCCC(=O)OCC(O)COP(=O)(O)OCC(O)COP(=O)(O)OCC(COC(=O)CCCCCCCCCCC/C=C\C/C=C\C/C=C\C/C=C\C/C=C\CC)OC(=O)CCCCCCC/C=C\C/C=C\C/C=C\C/C=C\CCCCC. The fourth-order valence-corrected chi connectivity index (χ4v) is 12.3. The Balaban J connectivity index is 4.71. The van der Waals surface area contributed by atoms with Crippen molar-refractivity contribution >= 4 is 33.6 Å². The quantitative estimate of drug-likeness (QED) is 0.0146. The van der Waals surface area contributed by atoms with Gasteiger partial charge in [0.05, 0.1) is 26.4 Å². The molecule has 0 rings (SSSR count). The van der Waals surface area contributed by atoms with Crippen molar-refractivity contribution in [3.8, 4) is 0 Å². The number of phosphoric acid groups is 2. The van der Waals surface area contributed by atoms with Crippen molar-refractivity contribution < 1.29 is 75.8 Å². The zero-order chi connectivity index (χ0) is 78.0. The van der Waals surface area contributed by atoms with E-state index in [9.17, 15) is 43.5 Å². The molecule has 610 valence electrons. The number of unbranched alkanes of at least 4 members (excludes halogenated alkanes) is 26. The molecule has 0 saturated carbocycles. The number of aliphatic hydroxyl groups excluding tert-OH is 2. The molecule has 0 aromatic rings. The van der Waals surface area contributed by atoms with Crippen molar-refractivity contribution in [2.45, 2.75) is 334 Å². The lowest BCUT2D eigenvalue weighted by molar-refractivity contribution is -0.161. The summed E-state index contributed by atoms with van der Waals surface area (Å²) in [4.78, 5) is 58.8. The minimum Gasteiger partial charge on any atom is -0.463 e. The van der Waals surface area contributed by atoms with Gasteiger partial charge in [-0.1, -0.05) is 313 Å². The highest BCUT2D eigenvalue weighted by Gasteiger charge is 2.29. The standard InChI is InChI=1S/C89H148O16P2/c1-4-7-10-13-16-19-22-25-28-31-34-37-39-41-43-46-48-51-54-57-60-63-66-69-72-75-87(92)99-78-84(90)79-101-106(95,96)102-80-85(91)81-103-107(97,98)104-83-86(105-89(94)77-74-71-68-65-62-59-56-53-50-45-36-33-30-27-24-21-18-15-12-9-6-3)82-100-88(93)76-73-70-67-64-61-58-55-52-49-47-44-42-40-38-35-32-29-26-23-20-17-14-11-8-5-2/h7-8,10-11,16-21,25-30,34-38,41-45,53,56,84-86,90-91H,4-6,9,12-15,22-24,31-33,39-40,46-52,54-55,57-83H2,1-3H3,(H,95,96)(H,97,98)/b10-7-,11-8-,19-16-,20-17-,21-18-,28-25-,29-26-,30-27-,37-34-,38-35-,43-41-,44-42-,45-36-,56-53-. The normalized spacial score (nSPS) is 14.8. The first-order valence-corrected chi connectivity index (χ1v) is 44.4. The van der Waals surface area contributed by atoms with Gasteiger partial charge in [0.15, 0.2) is 6.10 Å². The first-order chi connectivity index (χ1) is 52.2. The van der Waals surface area contributed by atoms with Gasteiger partial charge in [-0.3, -0.25) is 32.5 Å². The molecular weight excluding hydrogens is 1390 g/mol. The summed E-state index contributed by atoms with van der Waals surface area (Å²) in [5.41, 5.74) is 0. The van der Waals surface area contributed by atoms with E-state index in [2.05, 4.69) is 191 Å².